The molecule has 0 fully saturated rings. The normalized spacial score (nSPS) is 13.7. The Kier molecular flexibility index (Phi) is 8.78. The number of hydrogen-bond donors (Lipinski definition) is 0. The molecule has 3 aliphatic carbocycles. The fourth-order valence-electron chi connectivity index (χ4n) is 12.6. The van der Waals surface area contributed by atoms with Crippen molar-refractivity contribution in [2.24, 2.45) is 0 Å². The lowest BCUT2D eigenvalue weighted by molar-refractivity contribution is 0.768. The summed E-state index contributed by atoms with van der Waals surface area (Å²) in [6, 6.07) is 102. The van der Waals surface area contributed by atoms with Crippen molar-refractivity contribution in [3.8, 4) is 55.6 Å². The molecular weight excluding hydrogens is 831 g/mol. The van der Waals surface area contributed by atoms with Crippen LogP contribution in [0.1, 0.15) is 44.5 Å². The first kappa shape index (κ1) is 39.4. The van der Waals surface area contributed by atoms with Crippen LogP contribution >= 0.6 is 0 Å². The predicted octanol–water partition coefficient (Wildman–Crippen LogP) is 17.2. The van der Waals surface area contributed by atoms with Gasteiger partial charge in [-0.05, 0) is 137 Å². The highest BCUT2D eigenvalue weighted by atomic mass is 15.1. The standard InChI is InChI=1S/C68H45N/c1-3-19-46(20-4-1)47-37-41-51(42-38-47)69(52-43-39-50(40-44-52)67(49-22-5-2-6-23-49)60-31-12-7-25-55(60)56-26-8-13-32-61(56)67)53-24-17-21-48(45-53)54-30-18-36-65-66(54)59-29-11-16-35-64(59)68(65)62-33-14-9-27-57(62)58-28-10-15-34-63(58)68/h1-45H. The fraction of sp³-hybridized carbons (Fsp3) is 0.0294. The quantitative estimate of drug-likeness (QED) is 0.154. The summed E-state index contributed by atoms with van der Waals surface area (Å²) >= 11 is 0. The molecule has 322 valence electrons. The molecule has 0 saturated carbocycles. The molecule has 11 aromatic rings. The van der Waals surface area contributed by atoms with Crippen LogP contribution in [0, 0.1) is 0 Å². The third-order valence-electron chi connectivity index (χ3n) is 15.4. The molecule has 0 unspecified atom stereocenters. The molecule has 0 atom stereocenters. The lowest BCUT2D eigenvalue weighted by Crippen LogP contribution is -2.28. The van der Waals surface area contributed by atoms with Gasteiger partial charge >= 0.3 is 0 Å². The van der Waals surface area contributed by atoms with Crippen molar-refractivity contribution in [2.75, 3.05) is 4.90 Å². The van der Waals surface area contributed by atoms with Gasteiger partial charge in [-0.1, -0.05) is 237 Å². The first-order valence-corrected chi connectivity index (χ1v) is 24.1. The minimum absolute atomic E-state index is 0.404. The average molecular weight is 876 g/mol. The van der Waals surface area contributed by atoms with Gasteiger partial charge in [0.2, 0.25) is 0 Å². The molecule has 3 aliphatic rings. The molecule has 0 radical (unpaired) electrons. The van der Waals surface area contributed by atoms with Gasteiger partial charge in [0.1, 0.15) is 0 Å². The molecule has 0 heterocycles. The van der Waals surface area contributed by atoms with Crippen LogP contribution in [0.5, 0.6) is 0 Å². The molecule has 14 rings (SSSR count). The van der Waals surface area contributed by atoms with Crippen LogP contribution in [-0.2, 0) is 10.8 Å². The van der Waals surface area contributed by atoms with Crippen LogP contribution in [0.4, 0.5) is 17.1 Å². The Morgan fingerprint density at radius 2 is 0.594 bits per heavy atom. The van der Waals surface area contributed by atoms with Crippen LogP contribution in [0.15, 0.2) is 273 Å². The number of benzene rings is 11. The van der Waals surface area contributed by atoms with Gasteiger partial charge in [0.15, 0.2) is 0 Å². The first-order chi connectivity index (χ1) is 34.2. The van der Waals surface area contributed by atoms with Gasteiger partial charge in [0, 0.05) is 17.1 Å². The maximum atomic E-state index is 2.43. The third-order valence-corrected chi connectivity index (χ3v) is 15.4. The van der Waals surface area contributed by atoms with E-state index >= 15 is 0 Å². The Morgan fingerprint density at radius 1 is 0.217 bits per heavy atom. The summed E-state index contributed by atoms with van der Waals surface area (Å²) in [5.74, 6) is 0. The van der Waals surface area contributed by atoms with Crippen LogP contribution < -0.4 is 4.90 Å². The Hall–Kier alpha value is -8.78. The van der Waals surface area contributed by atoms with E-state index in [1.165, 1.54) is 100 Å². The number of fused-ring (bicyclic) bond motifs is 13. The highest BCUT2D eigenvalue weighted by molar-refractivity contribution is 6.00. The van der Waals surface area contributed by atoms with Gasteiger partial charge < -0.3 is 4.90 Å². The molecular formula is C68H45N. The van der Waals surface area contributed by atoms with Crippen molar-refractivity contribution >= 4 is 17.1 Å². The molecule has 0 aromatic heterocycles. The molecule has 0 aliphatic heterocycles. The van der Waals surface area contributed by atoms with E-state index in [0.29, 0.717) is 0 Å². The van der Waals surface area contributed by atoms with Crippen LogP contribution in [0.25, 0.3) is 55.6 Å². The molecule has 11 aromatic carbocycles. The number of nitrogens with zero attached hydrogens (tertiary/aromatic N) is 1. The molecule has 69 heavy (non-hydrogen) atoms. The van der Waals surface area contributed by atoms with Crippen molar-refractivity contribution in [1.82, 2.24) is 0 Å². The Morgan fingerprint density at radius 3 is 1.16 bits per heavy atom. The zero-order valence-corrected chi connectivity index (χ0v) is 37.9. The second-order valence-electron chi connectivity index (χ2n) is 18.7. The monoisotopic (exact) mass is 875 g/mol. The predicted molar refractivity (Wildman–Crippen MR) is 286 cm³/mol. The third kappa shape index (κ3) is 5.59. The summed E-state index contributed by atoms with van der Waals surface area (Å²) in [6.07, 6.45) is 0. The van der Waals surface area contributed by atoms with Crippen molar-refractivity contribution < 1.29 is 0 Å². The summed E-state index contributed by atoms with van der Waals surface area (Å²) in [4.78, 5) is 2.43. The van der Waals surface area contributed by atoms with Gasteiger partial charge in [-0.2, -0.15) is 0 Å². The van der Waals surface area contributed by atoms with Crippen LogP contribution in [0.3, 0.4) is 0 Å². The SMILES string of the molecule is c1ccc(-c2ccc(N(c3ccc(C4(c5ccccc5)c5ccccc5-c5ccccc54)cc3)c3cccc(-c4cccc5c4-c4ccccc4C54c5ccccc5-c5ccccc54)c3)cc2)cc1. The minimum atomic E-state index is -0.475. The molecule has 1 spiro atoms. The van der Waals surface area contributed by atoms with E-state index in [1.54, 1.807) is 0 Å². The minimum Gasteiger partial charge on any atom is -0.310 e. The molecule has 0 saturated heterocycles. The van der Waals surface area contributed by atoms with E-state index in [2.05, 4.69) is 278 Å². The van der Waals surface area contributed by atoms with E-state index in [0.717, 1.165) is 17.1 Å². The molecule has 1 nitrogen and oxygen atoms in total. The lowest BCUT2D eigenvalue weighted by Gasteiger charge is -2.34. The smallest absolute Gasteiger partial charge is 0.0725 e. The number of rotatable bonds is 7. The van der Waals surface area contributed by atoms with Gasteiger partial charge in [-0.15, -0.1) is 0 Å². The van der Waals surface area contributed by atoms with E-state index in [-0.39, 0.29) is 0 Å². The van der Waals surface area contributed by atoms with E-state index < -0.39 is 10.8 Å². The number of anilines is 3. The summed E-state index contributed by atoms with van der Waals surface area (Å²) < 4.78 is 0. The van der Waals surface area contributed by atoms with Crippen LogP contribution in [-0.4, -0.2) is 0 Å². The largest absolute Gasteiger partial charge is 0.310 e. The highest BCUT2D eigenvalue weighted by Gasteiger charge is 2.52. The molecule has 0 bridgehead atoms. The summed E-state index contributed by atoms with van der Waals surface area (Å²) in [6.45, 7) is 0. The van der Waals surface area contributed by atoms with E-state index in [1.807, 2.05) is 0 Å². The van der Waals surface area contributed by atoms with Crippen molar-refractivity contribution in [3.63, 3.8) is 0 Å². The second kappa shape index (κ2) is 15.4. The first-order valence-electron chi connectivity index (χ1n) is 24.1. The Bertz CT molecular complexity index is 3680. The topological polar surface area (TPSA) is 3.24 Å². The van der Waals surface area contributed by atoms with Crippen molar-refractivity contribution in [2.45, 2.75) is 10.8 Å². The van der Waals surface area contributed by atoms with Gasteiger partial charge in [-0.25, -0.2) is 0 Å². The summed E-state index contributed by atoms with van der Waals surface area (Å²) in [7, 11) is 0. The summed E-state index contributed by atoms with van der Waals surface area (Å²) in [5, 5.41) is 0. The average Bonchev–Trinajstić information content (AvgIpc) is 4.03. The maximum Gasteiger partial charge on any atom is 0.0725 e. The van der Waals surface area contributed by atoms with E-state index in [9.17, 15) is 0 Å². The number of hydrogen-bond acceptors (Lipinski definition) is 1. The van der Waals surface area contributed by atoms with Gasteiger partial charge in [0.05, 0.1) is 10.8 Å². The lowest BCUT2D eigenvalue weighted by atomic mass is 9.68. The van der Waals surface area contributed by atoms with Crippen molar-refractivity contribution in [3.05, 3.63) is 317 Å². The Labute approximate surface area is 403 Å². The Balaban J connectivity index is 0.944. The zero-order valence-electron chi connectivity index (χ0n) is 37.9. The van der Waals surface area contributed by atoms with E-state index in [4.69, 9.17) is 0 Å². The van der Waals surface area contributed by atoms with Crippen LogP contribution in [0.2, 0.25) is 0 Å². The molecule has 0 amide bonds. The van der Waals surface area contributed by atoms with Gasteiger partial charge in [-0.3, -0.25) is 0 Å². The van der Waals surface area contributed by atoms with Gasteiger partial charge in [0.25, 0.3) is 0 Å². The maximum absolute atomic E-state index is 2.43. The fourth-order valence-corrected chi connectivity index (χ4v) is 12.6. The van der Waals surface area contributed by atoms with Crippen molar-refractivity contribution in [1.29, 1.82) is 0 Å². The zero-order chi connectivity index (χ0) is 45.5. The molecule has 1 heteroatoms. The second-order valence-corrected chi connectivity index (χ2v) is 18.7. The summed E-state index contributed by atoms with van der Waals surface area (Å²) in [5.41, 5.74) is 25.6. The highest BCUT2D eigenvalue weighted by Crippen LogP contribution is 2.64. The molecule has 0 N–H and O–H groups in total.